The summed E-state index contributed by atoms with van der Waals surface area (Å²) in [7, 11) is 0. The van der Waals surface area contributed by atoms with E-state index in [0.717, 1.165) is 5.56 Å². The van der Waals surface area contributed by atoms with Crippen LogP contribution >= 0.6 is 0 Å². The Morgan fingerprint density at radius 3 is 2.80 bits per heavy atom. The molecule has 108 valence electrons. The normalized spacial score (nSPS) is 12.0. The molecule has 1 aliphatic heterocycles. The van der Waals surface area contributed by atoms with Crippen molar-refractivity contribution < 1.29 is 24.2 Å². The number of nitrogens with one attached hydrogen (secondary N) is 2. The van der Waals surface area contributed by atoms with Gasteiger partial charge in [-0.2, -0.15) is 0 Å². The van der Waals surface area contributed by atoms with Crippen molar-refractivity contribution in [3.63, 3.8) is 0 Å². The molecule has 20 heavy (non-hydrogen) atoms. The van der Waals surface area contributed by atoms with Gasteiger partial charge in [0.1, 0.15) is 0 Å². The first kappa shape index (κ1) is 14.0. The molecule has 2 amide bonds. The number of carbonyl (C=O) groups is 2. The van der Waals surface area contributed by atoms with Gasteiger partial charge < -0.3 is 25.2 Å². The van der Waals surface area contributed by atoms with Gasteiger partial charge >= 0.3 is 12.0 Å². The molecule has 0 radical (unpaired) electrons. The minimum atomic E-state index is -0.868. The van der Waals surface area contributed by atoms with E-state index in [9.17, 15) is 9.59 Å². The van der Waals surface area contributed by atoms with Crippen molar-refractivity contribution in [3.8, 4) is 11.5 Å². The molecule has 7 nitrogen and oxygen atoms in total. The average Bonchev–Trinajstić information content (AvgIpc) is 2.88. The molecule has 1 aromatic carbocycles. The van der Waals surface area contributed by atoms with E-state index in [1.807, 2.05) is 12.1 Å². The van der Waals surface area contributed by atoms with Crippen LogP contribution in [0.2, 0.25) is 0 Å². The first-order valence-corrected chi connectivity index (χ1v) is 6.27. The number of hydrogen-bond acceptors (Lipinski definition) is 4. The molecule has 1 heterocycles. The Balaban J connectivity index is 1.69. The molecule has 0 saturated heterocycles. The number of hydrogen-bond donors (Lipinski definition) is 3. The Kier molecular flexibility index (Phi) is 4.65. The third-order valence-corrected chi connectivity index (χ3v) is 2.74. The molecule has 7 heteroatoms. The highest BCUT2D eigenvalue weighted by Crippen LogP contribution is 2.32. The Morgan fingerprint density at radius 1 is 1.20 bits per heavy atom. The number of fused-ring (bicyclic) bond motifs is 1. The van der Waals surface area contributed by atoms with Crippen LogP contribution in [-0.4, -0.2) is 30.4 Å². The van der Waals surface area contributed by atoms with Crippen molar-refractivity contribution in [2.24, 2.45) is 0 Å². The van der Waals surface area contributed by atoms with Crippen molar-refractivity contribution in [2.45, 2.75) is 19.4 Å². The van der Waals surface area contributed by atoms with Crippen molar-refractivity contribution in [2.75, 3.05) is 13.3 Å². The van der Waals surface area contributed by atoms with Gasteiger partial charge in [-0.15, -0.1) is 0 Å². The average molecular weight is 280 g/mol. The van der Waals surface area contributed by atoms with Crippen LogP contribution in [0.15, 0.2) is 18.2 Å². The zero-order valence-electron chi connectivity index (χ0n) is 10.8. The van der Waals surface area contributed by atoms with Crippen LogP contribution < -0.4 is 20.1 Å². The Morgan fingerprint density at radius 2 is 2.00 bits per heavy atom. The van der Waals surface area contributed by atoms with Gasteiger partial charge in [-0.25, -0.2) is 4.79 Å². The smallest absolute Gasteiger partial charge is 0.315 e. The number of rotatable bonds is 6. The second kappa shape index (κ2) is 6.65. The van der Waals surface area contributed by atoms with Gasteiger partial charge in [0.2, 0.25) is 6.79 Å². The Hall–Kier alpha value is -2.44. The molecule has 0 atom stereocenters. The second-order valence-electron chi connectivity index (χ2n) is 4.29. The van der Waals surface area contributed by atoms with Crippen LogP contribution in [0.3, 0.4) is 0 Å². The first-order valence-electron chi connectivity index (χ1n) is 6.27. The maximum Gasteiger partial charge on any atom is 0.315 e. The monoisotopic (exact) mass is 280 g/mol. The highest BCUT2D eigenvalue weighted by Gasteiger charge is 2.13. The van der Waals surface area contributed by atoms with Crippen LogP contribution in [0, 0.1) is 0 Å². The van der Waals surface area contributed by atoms with E-state index in [1.165, 1.54) is 0 Å². The lowest BCUT2D eigenvalue weighted by molar-refractivity contribution is -0.137. The molecule has 0 saturated carbocycles. The minimum Gasteiger partial charge on any atom is -0.481 e. The molecule has 0 aromatic heterocycles. The summed E-state index contributed by atoms with van der Waals surface area (Å²) in [6, 6.07) is 5.13. The van der Waals surface area contributed by atoms with Crippen molar-refractivity contribution in [1.82, 2.24) is 10.6 Å². The number of urea groups is 1. The molecule has 0 fully saturated rings. The van der Waals surface area contributed by atoms with E-state index in [2.05, 4.69) is 10.6 Å². The van der Waals surface area contributed by atoms with Gasteiger partial charge in [-0.1, -0.05) is 6.07 Å². The SMILES string of the molecule is O=C(O)CCCNC(=O)NCc1ccc2c(c1)OCO2. The Bertz CT molecular complexity index is 504. The largest absolute Gasteiger partial charge is 0.481 e. The highest BCUT2D eigenvalue weighted by molar-refractivity contribution is 5.74. The molecule has 1 aromatic rings. The van der Waals surface area contributed by atoms with E-state index in [1.54, 1.807) is 6.07 Å². The third kappa shape index (κ3) is 4.04. The number of aliphatic carboxylic acids is 1. The molecule has 0 unspecified atom stereocenters. The highest BCUT2D eigenvalue weighted by atomic mass is 16.7. The predicted molar refractivity (Wildman–Crippen MR) is 69.7 cm³/mol. The minimum absolute atomic E-state index is 0.0441. The second-order valence-corrected chi connectivity index (χ2v) is 4.29. The summed E-state index contributed by atoms with van der Waals surface area (Å²) in [4.78, 5) is 21.8. The lowest BCUT2D eigenvalue weighted by Crippen LogP contribution is -2.35. The van der Waals surface area contributed by atoms with Gasteiger partial charge in [0.05, 0.1) is 0 Å². The predicted octanol–water partition coefficient (Wildman–Crippen LogP) is 1.08. The van der Waals surface area contributed by atoms with E-state index < -0.39 is 5.97 Å². The third-order valence-electron chi connectivity index (χ3n) is 2.74. The van der Waals surface area contributed by atoms with Gasteiger partial charge in [-0.3, -0.25) is 4.79 Å². The summed E-state index contributed by atoms with van der Waals surface area (Å²) in [6.07, 6.45) is 0.454. The fourth-order valence-corrected chi connectivity index (χ4v) is 1.74. The maximum atomic E-state index is 11.5. The van der Waals surface area contributed by atoms with Crippen molar-refractivity contribution in [3.05, 3.63) is 23.8 Å². The van der Waals surface area contributed by atoms with Crippen LogP contribution in [0.5, 0.6) is 11.5 Å². The summed E-state index contributed by atoms with van der Waals surface area (Å²) < 4.78 is 10.4. The number of ether oxygens (including phenoxy) is 2. The van der Waals surface area contributed by atoms with E-state index in [0.29, 0.717) is 31.0 Å². The number of carbonyl (C=O) groups excluding carboxylic acids is 1. The summed E-state index contributed by atoms with van der Waals surface area (Å²) in [5.41, 5.74) is 0.898. The lowest BCUT2D eigenvalue weighted by Gasteiger charge is -2.07. The Labute approximate surface area is 115 Å². The van der Waals surface area contributed by atoms with Gasteiger partial charge in [-0.05, 0) is 24.1 Å². The maximum absolute atomic E-state index is 11.5. The zero-order chi connectivity index (χ0) is 14.4. The van der Waals surface area contributed by atoms with Gasteiger partial charge in [0, 0.05) is 19.5 Å². The fourth-order valence-electron chi connectivity index (χ4n) is 1.74. The number of benzene rings is 1. The topological polar surface area (TPSA) is 96.9 Å². The van der Waals surface area contributed by atoms with Crippen LogP contribution in [0.25, 0.3) is 0 Å². The van der Waals surface area contributed by atoms with E-state index in [4.69, 9.17) is 14.6 Å². The summed E-state index contributed by atoms with van der Waals surface area (Å²) >= 11 is 0. The number of amides is 2. The zero-order valence-corrected chi connectivity index (χ0v) is 10.8. The summed E-state index contributed by atoms with van der Waals surface area (Å²) in [5.74, 6) is 0.505. The summed E-state index contributed by atoms with van der Waals surface area (Å²) in [6.45, 7) is 0.914. The summed E-state index contributed by atoms with van der Waals surface area (Å²) in [5, 5.41) is 13.7. The molecule has 0 bridgehead atoms. The quantitative estimate of drug-likeness (QED) is 0.677. The van der Waals surface area contributed by atoms with Crippen molar-refractivity contribution in [1.29, 1.82) is 0 Å². The molecule has 0 aliphatic carbocycles. The molecular weight excluding hydrogens is 264 g/mol. The molecule has 3 N–H and O–H groups in total. The van der Waals surface area contributed by atoms with E-state index >= 15 is 0 Å². The molecule has 2 rings (SSSR count). The lowest BCUT2D eigenvalue weighted by atomic mass is 10.2. The van der Waals surface area contributed by atoms with Crippen molar-refractivity contribution >= 4 is 12.0 Å². The van der Waals surface area contributed by atoms with Crippen LogP contribution in [0.1, 0.15) is 18.4 Å². The fraction of sp³-hybridized carbons (Fsp3) is 0.385. The van der Waals surface area contributed by atoms with Gasteiger partial charge in [0.15, 0.2) is 11.5 Å². The number of carboxylic acids is 1. The van der Waals surface area contributed by atoms with Gasteiger partial charge in [0.25, 0.3) is 0 Å². The molecule has 0 spiro atoms. The van der Waals surface area contributed by atoms with E-state index in [-0.39, 0.29) is 19.2 Å². The van der Waals surface area contributed by atoms with Crippen LogP contribution in [-0.2, 0) is 11.3 Å². The molecular formula is C13H16N2O5. The molecule has 1 aliphatic rings. The number of carboxylic acid groups (broad SMARTS) is 1. The first-order chi connectivity index (χ1) is 9.65. The standard InChI is InChI=1S/C13H16N2O5/c16-12(17)2-1-5-14-13(18)15-7-9-3-4-10-11(6-9)20-8-19-10/h3-4,6H,1-2,5,7-8H2,(H,16,17)(H2,14,15,18). The van der Waals surface area contributed by atoms with Crippen LogP contribution in [0.4, 0.5) is 4.79 Å².